The van der Waals surface area contributed by atoms with E-state index in [2.05, 4.69) is 13.8 Å². The Morgan fingerprint density at radius 1 is 1.11 bits per heavy atom. The molecule has 11 heteroatoms. The van der Waals surface area contributed by atoms with Crippen molar-refractivity contribution in [2.24, 2.45) is 5.92 Å². The van der Waals surface area contributed by atoms with Gasteiger partial charge in [0.1, 0.15) is 0 Å². The van der Waals surface area contributed by atoms with Crippen molar-refractivity contribution in [2.45, 2.75) is 65.7 Å². The first-order valence-corrected chi connectivity index (χ1v) is 14.3. The van der Waals surface area contributed by atoms with E-state index >= 15 is 0 Å². The van der Waals surface area contributed by atoms with E-state index in [4.69, 9.17) is 42.4 Å². The summed E-state index contributed by atoms with van der Waals surface area (Å²) in [6, 6.07) is 3.08. The number of anilines is 1. The van der Waals surface area contributed by atoms with Crippen LogP contribution in [0.2, 0.25) is 10.0 Å². The molecule has 1 aromatic heterocycles. The van der Waals surface area contributed by atoms with Crippen molar-refractivity contribution in [3.63, 3.8) is 0 Å². The Hall–Kier alpha value is -2.07. The Morgan fingerprint density at radius 3 is 2.42 bits per heavy atom. The lowest BCUT2D eigenvalue weighted by Gasteiger charge is -2.39. The fourth-order valence-electron chi connectivity index (χ4n) is 4.32. The van der Waals surface area contributed by atoms with Gasteiger partial charge in [-0.15, -0.1) is 11.3 Å². The number of hydrogen-bond donors (Lipinski definition) is 0. The predicted octanol–water partition coefficient (Wildman–Crippen LogP) is 6.10. The van der Waals surface area contributed by atoms with Gasteiger partial charge in [0.15, 0.2) is 11.2 Å². The van der Waals surface area contributed by atoms with Crippen molar-refractivity contribution >= 4 is 51.7 Å². The molecule has 0 bridgehead atoms. The molecule has 0 radical (unpaired) electrons. The molecule has 1 aromatic carbocycles. The number of carbonyl (C=O) groups is 2. The van der Waals surface area contributed by atoms with E-state index in [-0.39, 0.29) is 18.8 Å². The second-order valence-corrected chi connectivity index (χ2v) is 12.0. The number of methoxy groups -OCH3 is 2. The maximum atomic E-state index is 12.7. The zero-order valence-electron chi connectivity index (χ0n) is 23.0. The van der Waals surface area contributed by atoms with E-state index in [1.54, 1.807) is 32.3 Å². The first kappa shape index (κ1) is 30.5. The molecular weight excluding hydrogens is 549 g/mol. The molecule has 210 valence electrons. The number of esters is 1. The average Bonchev–Trinajstić information content (AvgIpc) is 3.28. The van der Waals surface area contributed by atoms with Gasteiger partial charge >= 0.3 is 12.1 Å². The van der Waals surface area contributed by atoms with Crippen molar-refractivity contribution < 1.29 is 23.8 Å². The normalized spacial score (nSPS) is 16.8. The zero-order valence-corrected chi connectivity index (χ0v) is 25.4. The Bertz CT molecular complexity index is 1140. The molecule has 0 spiro atoms. The Labute approximate surface area is 239 Å². The number of ether oxygens (including phenoxy) is 3. The third-order valence-electron chi connectivity index (χ3n) is 6.26. The van der Waals surface area contributed by atoms with Crippen molar-refractivity contribution in [3.05, 3.63) is 32.6 Å². The van der Waals surface area contributed by atoms with Crippen LogP contribution in [0.25, 0.3) is 11.3 Å². The highest BCUT2D eigenvalue weighted by atomic mass is 35.5. The van der Waals surface area contributed by atoms with Crippen LogP contribution in [0.15, 0.2) is 12.1 Å². The molecule has 0 saturated carbocycles. The summed E-state index contributed by atoms with van der Waals surface area (Å²) >= 11 is 14.7. The lowest BCUT2D eigenvalue weighted by molar-refractivity contribution is -0.146. The second kappa shape index (κ2) is 13.3. The van der Waals surface area contributed by atoms with Gasteiger partial charge < -0.3 is 19.1 Å². The van der Waals surface area contributed by atoms with Gasteiger partial charge in [-0.05, 0) is 57.2 Å². The fraction of sp³-hybridized carbons (Fsp3) is 0.593. The first-order valence-electron chi connectivity index (χ1n) is 12.8. The molecule has 1 saturated heterocycles. The Morgan fingerprint density at radius 2 is 1.82 bits per heavy atom. The van der Waals surface area contributed by atoms with Crippen LogP contribution in [-0.4, -0.2) is 74.1 Å². The topological polar surface area (TPSA) is 81.2 Å². The molecule has 0 aliphatic carbocycles. The molecular formula is C27H37Cl2N3O5S. The van der Waals surface area contributed by atoms with E-state index < -0.39 is 18.1 Å². The Balaban J connectivity index is 1.98. The van der Waals surface area contributed by atoms with Crippen molar-refractivity contribution in [2.75, 3.05) is 38.8 Å². The molecule has 1 fully saturated rings. The van der Waals surface area contributed by atoms with Crippen LogP contribution >= 0.6 is 34.5 Å². The number of rotatable bonds is 9. The summed E-state index contributed by atoms with van der Waals surface area (Å²) in [5.41, 5.74) is 2.64. The number of carbonyl (C=O) groups excluding carboxylic acids is 2. The maximum Gasteiger partial charge on any atom is 0.410 e. The highest BCUT2D eigenvalue weighted by Gasteiger charge is 2.38. The molecule has 2 atom stereocenters. The summed E-state index contributed by atoms with van der Waals surface area (Å²) < 4.78 is 15.8. The summed E-state index contributed by atoms with van der Waals surface area (Å²) in [6.07, 6.45) is 0.618. The van der Waals surface area contributed by atoms with E-state index in [9.17, 15) is 9.59 Å². The average molecular weight is 587 g/mol. The molecule has 8 nitrogen and oxygen atoms in total. The number of benzene rings is 1. The van der Waals surface area contributed by atoms with Crippen LogP contribution in [-0.2, 0) is 31.8 Å². The van der Waals surface area contributed by atoms with Crippen LogP contribution in [0.3, 0.4) is 0 Å². The van der Waals surface area contributed by atoms with Crippen LogP contribution in [0.1, 0.15) is 45.1 Å². The van der Waals surface area contributed by atoms with Gasteiger partial charge in [-0.25, -0.2) is 14.6 Å². The van der Waals surface area contributed by atoms with E-state index in [0.717, 1.165) is 33.3 Å². The second-order valence-electron chi connectivity index (χ2n) is 10.2. The van der Waals surface area contributed by atoms with Gasteiger partial charge in [0.05, 0.1) is 41.6 Å². The van der Waals surface area contributed by atoms with Gasteiger partial charge in [0.2, 0.25) is 0 Å². The number of halogens is 2. The zero-order chi connectivity index (χ0) is 28.1. The standard InChI is InChI=1S/C27H37Cl2N3O5S/c1-15(2)10-22-24(19-12-18(11-17(5)35-6)23(29)20(28)13-19)30-26(38-22)31-8-9-32(27(34)37-16(3)4)21(14-31)25(33)36-7/h12-13,15-17,21H,8-11,14H2,1-7H3. The minimum atomic E-state index is -0.798. The van der Waals surface area contributed by atoms with Crippen molar-refractivity contribution in [1.29, 1.82) is 0 Å². The third-order valence-corrected chi connectivity index (χ3v) is 8.24. The number of piperazine rings is 1. The van der Waals surface area contributed by atoms with Gasteiger partial charge in [0.25, 0.3) is 0 Å². The summed E-state index contributed by atoms with van der Waals surface area (Å²) in [4.78, 5) is 34.9. The van der Waals surface area contributed by atoms with Crippen LogP contribution in [0.4, 0.5) is 9.93 Å². The van der Waals surface area contributed by atoms with Crippen molar-refractivity contribution in [3.8, 4) is 11.3 Å². The predicted molar refractivity (Wildman–Crippen MR) is 153 cm³/mol. The van der Waals surface area contributed by atoms with E-state index in [1.807, 2.05) is 24.0 Å². The lowest BCUT2D eigenvalue weighted by Crippen LogP contribution is -2.59. The van der Waals surface area contributed by atoms with Gasteiger partial charge in [-0.1, -0.05) is 37.0 Å². The van der Waals surface area contributed by atoms with E-state index in [0.29, 0.717) is 35.5 Å². The van der Waals surface area contributed by atoms with E-state index in [1.165, 1.54) is 12.0 Å². The maximum absolute atomic E-state index is 12.7. The third kappa shape index (κ3) is 7.31. The summed E-state index contributed by atoms with van der Waals surface area (Å²) in [6.45, 7) is 10.9. The molecule has 1 amide bonds. The minimum Gasteiger partial charge on any atom is -0.467 e. The number of amides is 1. The van der Waals surface area contributed by atoms with Crippen LogP contribution in [0.5, 0.6) is 0 Å². The highest BCUT2D eigenvalue weighted by Crippen LogP contribution is 2.39. The van der Waals surface area contributed by atoms with Gasteiger partial charge in [0, 0.05) is 30.6 Å². The molecule has 0 N–H and O–H groups in total. The first-order chi connectivity index (χ1) is 17.9. The summed E-state index contributed by atoms with van der Waals surface area (Å²) in [7, 11) is 2.99. The highest BCUT2D eigenvalue weighted by molar-refractivity contribution is 7.16. The van der Waals surface area contributed by atoms with Crippen LogP contribution < -0.4 is 4.90 Å². The largest absolute Gasteiger partial charge is 0.467 e. The quantitative estimate of drug-likeness (QED) is 0.329. The molecule has 2 aromatic rings. The van der Waals surface area contributed by atoms with Gasteiger partial charge in [-0.2, -0.15) is 0 Å². The Kier molecular flexibility index (Phi) is 10.7. The lowest BCUT2D eigenvalue weighted by atomic mass is 10.0. The summed E-state index contributed by atoms with van der Waals surface area (Å²) in [5, 5.41) is 1.76. The van der Waals surface area contributed by atoms with Gasteiger partial charge in [-0.3, -0.25) is 4.90 Å². The number of hydrogen-bond acceptors (Lipinski definition) is 8. The fourth-order valence-corrected chi connectivity index (χ4v) is 6.07. The number of aromatic nitrogens is 1. The molecule has 1 aliphatic rings. The molecule has 3 rings (SSSR count). The number of nitrogens with zero attached hydrogens (tertiary/aromatic N) is 3. The SMILES string of the molecule is COC(=O)C1CN(c2nc(-c3cc(Cl)c(Cl)c(CC(C)OC)c3)c(CC(C)C)s2)CCN1C(=O)OC(C)C. The monoisotopic (exact) mass is 585 g/mol. The minimum absolute atomic E-state index is 0.0196. The summed E-state index contributed by atoms with van der Waals surface area (Å²) in [5.74, 6) is -0.0840. The molecule has 2 unspecified atom stereocenters. The van der Waals surface area contributed by atoms with Crippen molar-refractivity contribution in [1.82, 2.24) is 9.88 Å². The molecule has 2 heterocycles. The molecule has 1 aliphatic heterocycles. The number of thiazole rings is 1. The molecule has 38 heavy (non-hydrogen) atoms. The smallest absolute Gasteiger partial charge is 0.410 e. The van der Waals surface area contributed by atoms with Crippen LogP contribution in [0, 0.1) is 5.92 Å².